The molecule has 0 radical (unpaired) electrons. The first-order chi connectivity index (χ1) is 10.2. The Hall–Kier alpha value is -2.95. The van der Waals surface area contributed by atoms with Gasteiger partial charge in [0.15, 0.2) is 0 Å². The second kappa shape index (κ2) is 5.58. The molecule has 2 heterocycles. The van der Waals surface area contributed by atoms with Gasteiger partial charge in [-0.05, 0) is 24.3 Å². The second-order valence-electron chi connectivity index (χ2n) is 4.52. The zero-order valence-electron chi connectivity index (χ0n) is 11.2. The van der Waals surface area contributed by atoms with E-state index in [-0.39, 0.29) is 6.61 Å². The summed E-state index contributed by atoms with van der Waals surface area (Å²) in [5.74, 6) is -0.115. The molecular weight excluding hydrogens is 266 g/mol. The lowest BCUT2D eigenvalue weighted by Gasteiger charge is -2.10. The molecule has 1 amide bonds. The van der Waals surface area contributed by atoms with E-state index in [0.717, 1.165) is 16.6 Å². The Labute approximate surface area is 121 Å². The van der Waals surface area contributed by atoms with Gasteiger partial charge in [0, 0.05) is 23.8 Å². The molecule has 21 heavy (non-hydrogen) atoms. The molecule has 1 aromatic carbocycles. The second-order valence-corrected chi connectivity index (χ2v) is 4.52. The van der Waals surface area contributed by atoms with Crippen LogP contribution in [0.5, 0.6) is 5.75 Å². The van der Waals surface area contributed by atoms with Crippen molar-refractivity contribution in [2.24, 2.45) is 5.73 Å². The minimum absolute atomic E-state index is 0.263. The van der Waals surface area contributed by atoms with Crippen molar-refractivity contribution in [2.45, 2.75) is 6.61 Å². The van der Waals surface area contributed by atoms with Crippen molar-refractivity contribution < 1.29 is 9.53 Å². The van der Waals surface area contributed by atoms with Gasteiger partial charge in [-0.3, -0.25) is 14.8 Å². The van der Waals surface area contributed by atoms with Crippen LogP contribution in [0.25, 0.3) is 10.9 Å². The zero-order valence-corrected chi connectivity index (χ0v) is 11.2. The van der Waals surface area contributed by atoms with Gasteiger partial charge < -0.3 is 10.5 Å². The molecule has 0 saturated heterocycles. The number of benzene rings is 1. The molecule has 0 bridgehead atoms. The van der Waals surface area contributed by atoms with Crippen molar-refractivity contribution in [1.82, 2.24) is 9.97 Å². The summed E-state index contributed by atoms with van der Waals surface area (Å²) in [4.78, 5) is 20.0. The maximum Gasteiger partial charge on any atom is 0.252 e. The Morgan fingerprint density at radius 1 is 1.10 bits per heavy atom. The van der Waals surface area contributed by atoms with Crippen LogP contribution in [-0.2, 0) is 6.61 Å². The van der Waals surface area contributed by atoms with Crippen LogP contribution in [0.15, 0.2) is 54.9 Å². The highest BCUT2D eigenvalue weighted by atomic mass is 16.5. The van der Waals surface area contributed by atoms with Gasteiger partial charge in [0.05, 0.1) is 16.8 Å². The maximum atomic E-state index is 11.6. The van der Waals surface area contributed by atoms with E-state index in [4.69, 9.17) is 10.5 Å². The predicted molar refractivity (Wildman–Crippen MR) is 78.8 cm³/mol. The van der Waals surface area contributed by atoms with Crippen LogP contribution in [-0.4, -0.2) is 15.9 Å². The average molecular weight is 279 g/mol. The molecule has 0 spiro atoms. The molecule has 2 N–H and O–H groups in total. The lowest BCUT2D eigenvalue weighted by Crippen LogP contribution is -2.13. The number of primary amides is 1. The van der Waals surface area contributed by atoms with Gasteiger partial charge in [-0.1, -0.05) is 12.1 Å². The first-order valence-electron chi connectivity index (χ1n) is 6.45. The normalized spacial score (nSPS) is 10.5. The summed E-state index contributed by atoms with van der Waals surface area (Å²) in [5.41, 5.74) is 7.28. The maximum absolute atomic E-state index is 11.6. The molecule has 0 unspecified atom stereocenters. The first-order valence-corrected chi connectivity index (χ1v) is 6.45. The molecule has 0 aliphatic rings. The third kappa shape index (κ3) is 2.81. The Morgan fingerprint density at radius 3 is 2.71 bits per heavy atom. The molecule has 0 atom stereocenters. The van der Waals surface area contributed by atoms with Crippen molar-refractivity contribution in [3.63, 3.8) is 0 Å². The molecule has 2 aromatic heterocycles. The highest BCUT2D eigenvalue weighted by Crippen LogP contribution is 2.25. The molecule has 104 valence electrons. The van der Waals surface area contributed by atoms with Crippen molar-refractivity contribution in [1.29, 1.82) is 0 Å². The fourth-order valence-corrected chi connectivity index (χ4v) is 2.05. The van der Waals surface area contributed by atoms with Crippen molar-refractivity contribution in [2.75, 3.05) is 0 Å². The minimum atomic E-state index is -0.531. The number of carbonyl (C=O) groups is 1. The van der Waals surface area contributed by atoms with E-state index in [0.29, 0.717) is 11.3 Å². The standard InChI is InChI=1S/C16H13N3O2/c17-16(20)13-8-11-4-3-7-19-14(11)9-15(13)21-10-12-5-1-2-6-18-12/h1-9H,10H2,(H2,17,20). The van der Waals surface area contributed by atoms with Crippen LogP contribution < -0.4 is 10.5 Å². The van der Waals surface area contributed by atoms with Gasteiger partial charge in [0.25, 0.3) is 5.91 Å². The third-order valence-corrected chi connectivity index (χ3v) is 3.07. The molecule has 0 aliphatic carbocycles. The molecular formula is C16H13N3O2. The van der Waals surface area contributed by atoms with E-state index >= 15 is 0 Å². The highest BCUT2D eigenvalue weighted by molar-refractivity contribution is 6.00. The Bertz CT molecular complexity index is 788. The monoisotopic (exact) mass is 279 g/mol. The number of amides is 1. The summed E-state index contributed by atoms with van der Waals surface area (Å²) in [5, 5.41) is 0.844. The largest absolute Gasteiger partial charge is 0.486 e. The number of hydrogen-bond acceptors (Lipinski definition) is 4. The molecule has 5 nitrogen and oxygen atoms in total. The first kappa shape index (κ1) is 13.1. The fraction of sp³-hybridized carbons (Fsp3) is 0.0625. The summed E-state index contributed by atoms with van der Waals surface area (Å²) in [6.45, 7) is 0.263. The summed E-state index contributed by atoms with van der Waals surface area (Å²) in [6.07, 6.45) is 3.38. The summed E-state index contributed by atoms with van der Waals surface area (Å²) in [6, 6.07) is 12.7. The number of nitrogens with zero attached hydrogens (tertiary/aromatic N) is 2. The van der Waals surface area contributed by atoms with Crippen molar-refractivity contribution in [3.05, 3.63) is 66.1 Å². The van der Waals surface area contributed by atoms with Gasteiger partial charge in [-0.25, -0.2) is 0 Å². The number of aromatic nitrogens is 2. The van der Waals surface area contributed by atoms with E-state index in [9.17, 15) is 4.79 Å². The molecule has 3 rings (SSSR count). The third-order valence-electron chi connectivity index (χ3n) is 3.07. The average Bonchev–Trinajstić information content (AvgIpc) is 2.53. The number of nitrogens with two attached hydrogens (primary N) is 1. The van der Waals surface area contributed by atoms with Crippen LogP contribution >= 0.6 is 0 Å². The SMILES string of the molecule is NC(=O)c1cc2cccnc2cc1OCc1ccccn1. The lowest BCUT2D eigenvalue weighted by molar-refractivity contribution is 0.0996. The smallest absolute Gasteiger partial charge is 0.252 e. The van der Waals surface area contributed by atoms with Gasteiger partial charge in [0.1, 0.15) is 12.4 Å². The lowest BCUT2D eigenvalue weighted by atomic mass is 10.1. The molecule has 5 heteroatoms. The number of pyridine rings is 2. The van der Waals surface area contributed by atoms with Crippen LogP contribution in [0.2, 0.25) is 0 Å². The van der Waals surface area contributed by atoms with Crippen LogP contribution in [0, 0.1) is 0 Å². The molecule has 0 aliphatic heterocycles. The summed E-state index contributed by atoms with van der Waals surface area (Å²) in [7, 11) is 0. The van der Waals surface area contributed by atoms with Gasteiger partial charge in [0.2, 0.25) is 0 Å². The van der Waals surface area contributed by atoms with Gasteiger partial charge >= 0.3 is 0 Å². The van der Waals surface area contributed by atoms with Crippen molar-refractivity contribution in [3.8, 4) is 5.75 Å². The Balaban J connectivity index is 1.96. The summed E-state index contributed by atoms with van der Waals surface area (Å²) >= 11 is 0. The van der Waals surface area contributed by atoms with E-state index in [2.05, 4.69) is 9.97 Å². The van der Waals surface area contributed by atoms with E-state index in [1.54, 1.807) is 24.5 Å². The fourth-order valence-electron chi connectivity index (χ4n) is 2.05. The summed E-state index contributed by atoms with van der Waals surface area (Å²) < 4.78 is 5.69. The molecule has 3 aromatic rings. The Kier molecular flexibility index (Phi) is 3.47. The number of ether oxygens (including phenoxy) is 1. The molecule has 0 fully saturated rings. The number of hydrogen-bond donors (Lipinski definition) is 1. The van der Waals surface area contributed by atoms with Gasteiger partial charge in [-0.2, -0.15) is 0 Å². The predicted octanol–water partition coefficient (Wildman–Crippen LogP) is 2.31. The highest BCUT2D eigenvalue weighted by Gasteiger charge is 2.12. The van der Waals surface area contributed by atoms with Crippen molar-refractivity contribution >= 4 is 16.8 Å². The molecule has 0 saturated carbocycles. The number of rotatable bonds is 4. The topological polar surface area (TPSA) is 78.1 Å². The quantitative estimate of drug-likeness (QED) is 0.795. The number of fused-ring (bicyclic) bond motifs is 1. The van der Waals surface area contributed by atoms with Crippen LogP contribution in [0.3, 0.4) is 0 Å². The van der Waals surface area contributed by atoms with Crippen LogP contribution in [0.4, 0.5) is 0 Å². The Morgan fingerprint density at radius 2 is 1.95 bits per heavy atom. The minimum Gasteiger partial charge on any atom is -0.486 e. The van der Waals surface area contributed by atoms with Gasteiger partial charge in [-0.15, -0.1) is 0 Å². The van der Waals surface area contributed by atoms with E-state index < -0.39 is 5.91 Å². The van der Waals surface area contributed by atoms with Crippen LogP contribution in [0.1, 0.15) is 16.1 Å². The van der Waals surface area contributed by atoms with E-state index in [1.807, 2.05) is 30.3 Å². The number of carbonyl (C=O) groups excluding carboxylic acids is 1. The zero-order chi connectivity index (χ0) is 14.7. The van der Waals surface area contributed by atoms with E-state index in [1.165, 1.54) is 0 Å².